The van der Waals surface area contributed by atoms with E-state index in [9.17, 15) is 0 Å². The fourth-order valence-electron chi connectivity index (χ4n) is 1.45. The van der Waals surface area contributed by atoms with Gasteiger partial charge in [-0.3, -0.25) is 0 Å². The van der Waals surface area contributed by atoms with Gasteiger partial charge in [0, 0.05) is 16.2 Å². The zero-order chi connectivity index (χ0) is 12.1. The van der Waals surface area contributed by atoms with Gasteiger partial charge in [-0.1, -0.05) is 12.1 Å². The highest BCUT2D eigenvalue weighted by atomic mass is 127. The molecule has 0 bridgehead atoms. The van der Waals surface area contributed by atoms with Crippen LogP contribution in [0.3, 0.4) is 0 Å². The van der Waals surface area contributed by atoms with E-state index in [1.54, 1.807) is 0 Å². The maximum Gasteiger partial charge on any atom is 0.219 e. The molecule has 0 aliphatic carbocycles. The first-order chi connectivity index (χ1) is 8.28. The first-order valence-corrected chi connectivity index (χ1v) is 6.40. The van der Waals surface area contributed by atoms with Crippen LogP contribution < -0.4 is 10.1 Å². The molecule has 0 fully saturated rings. The number of nitrogens with one attached hydrogen (secondary N) is 1. The van der Waals surface area contributed by atoms with Crippen LogP contribution in [0.5, 0.6) is 11.6 Å². The predicted octanol–water partition coefficient (Wildman–Crippen LogP) is 3.20. The molecule has 0 radical (unpaired) electrons. The molecule has 3 nitrogen and oxygen atoms in total. The molecule has 0 atom stereocenters. The van der Waals surface area contributed by atoms with Gasteiger partial charge in [-0.05, 0) is 53.9 Å². The highest BCUT2D eigenvalue weighted by Crippen LogP contribution is 2.21. The van der Waals surface area contributed by atoms with Crippen LogP contribution in [-0.2, 0) is 6.54 Å². The fraction of sp³-hybridized carbons (Fsp3) is 0.154. The Morgan fingerprint density at radius 2 is 2.06 bits per heavy atom. The third kappa shape index (κ3) is 3.67. The zero-order valence-electron chi connectivity index (χ0n) is 9.48. The number of ether oxygens (including phenoxy) is 1. The van der Waals surface area contributed by atoms with Crippen LogP contribution in [0.15, 0.2) is 42.5 Å². The van der Waals surface area contributed by atoms with Gasteiger partial charge in [-0.15, -0.1) is 0 Å². The Kier molecular flexibility index (Phi) is 4.33. The number of hydrogen-bond donors (Lipinski definition) is 1. The molecule has 88 valence electrons. The lowest BCUT2D eigenvalue weighted by Gasteiger charge is -2.06. The van der Waals surface area contributed by atoms with Gasteiger partial charge in [0.15, 0.2) is 0 Å². The Morgan fingerprint density at radius 3 is 2.82 bits per heavy atom. The van der Waals surface area contributed by atoms with E-state index in [1.807, 2.05) is 49.5 Å². The third-order valence-corrected chi connectivity index (χ3v) is 2.83. The molecular formula is C13H13IN2O. The smallest absolute Gasteiger partial charge is 0.219 e. The van der Waals surface area contributed by atoms with Crippen molar-refractivity contribution in [3.63, 3.8) is 0 Å². The van der Waals surface area contributed by atoms with Crippen LogP contribution in [0, 0.1) is 3.57 Å². The summed E-state index contributed by atoms with van der Waals surface area (Å²) in [7, 11) is 1.90. The Labute approximate surface area is 114 Å². The summed E-state index contributed by atoms with van der Waals surface area (Å²) in [4.78, 5) is 4.40. The quantitative estimate of drug-likeness (QED) is 0.868. The molecule has 17 heavy (non-hydrogen) atoms. The molecule has 1 aromatic carbocycles. The molecule has 1 heterocycles. The third-order valence-electron chi connectivity index (χ3n) is 2.16. The van der Waals surface area contributed by atoms with Gasteiger partial charge in [0.25, 0.3) is 0 Å². The van der Waals surface area contributed by atoms with Crippen LogP contribution in [0.2, 0.25) is 0 Å². The highest BCUT2D eigenvalue weighted by molar-refractivity contribution is 14.1. The van der Waals surface area contributed by atoms with E-state index in [4.69, 9.17) is 4.74 Å². The summed E-state index contributed by atoms with van der Waals surface area (Å²) in [5.41, 5.74) is 0.968. The van der Waals surface area contributed by atoms with E-state index >= 15 is 0 Å². The van der Waals surface area contributed by atoms with Crippen molar-refractivity contribution < 1.29 is 4.74 Å². The van der Waals surface area contributed by atoms with Crippen LogP contribution in [0.1, 0.15) is 5.69 Å². The lowest BCUT2D eigenvalue weighted by atomic mass is 10.3. The standard InChI is InChI=1S/C13H13IN2O/c1-15-9-11-5-3-7-13(16-11)17-12-6-2-4-10(14)8-12/h2-8,15H,9H2,1H3. The second-order valence-corrected chi connectivity index (χ2v) is 4.80. The Bertz CT molecular complexity index is 502. The van der Waals surface area contributed by atoms with Crippen molar-refractivity contribution in [2.45, 2.75) is 6.54 Å². The first kappa shape index (κ1) is 12.3. The molecule has 0 amide bonds. The van der Waals surface area contributed by atoms with E-state index in [1.165, 1.54) is 0 Å². The summed E-state index contributed by atoms with van der Waals surface area (Å²) in [5, 5.41) is 3.06. The van der Waals surface area contributed by atoms with Crippen molar-refractivity contribution in [1.82, 2.24) is 10.3 Å². The lowest BCUT2D eigenvalue weighted by molar-refractivity contribution is 0.459. The van der Waals surface area contributed by atoms with Crippen molar-refractivity contribution in [3.05, 3.63) is 51.7 Å². The van der Waals surface area contributed by atoms with E-state index in [-0.39, 0.29) is 0 Å². The molecule has 0 aliphatic rings. The number of benzene rings is 1. The van der Waals surface area contributed by atoms with Crippen LogP contribution in [0.4, 0.5) is 0 Å². The van der Waals surface area contributed by atoms with Gasteiger partial charge in [-0.2, -0.15) is 0 Å². The summed E-state index contributed by atoms with van der Waals surface area (Å²) in [5.74, 6) is 1.44. The normalized spacial score (nSPS) is 10.2. The lowest BCUT2D eigenvalue weighted by Crippen LogP contribution is -2.06. The Balaban J connectivity index is 2.15. The zero-order valence-corrected chi connectivity index (χ0v) is 11.6. The molecule has 0 saturated heterocycles. The predicted molar refractivity (Wildman–Crippen MR) is 76.2 cm³/mol. The highest BCUT2D eigenvalue weighted by Gasteiger charge is 2.00. The van der Waals surface area contributed by atoms with E-state index < -0.39 is 0 Å². The molecule has 0 saturated carbocycles. The summed E-state index contributed by atoms with van der Waals surface area (Å²) >= 11 is 2.26. The van der Waals surface area contributed by atoms with Gasteiger partial charge >= 0.3 is 0 Å². The minimum absolute atomic E-state index is 0.625. The van der Waals surface area contributed by atoms with Crippen LogP contribution >= 0.6 is 22.6 Å². The molecule has 2 aromatic rings. The minimum Gasteiger partial charge on any atom is -0.439 e. The number of nitrogens with zero attached hydrogens (tertiary/aromatic N) is 1. The van der Waals surface area contributed by atoms with Crippen LogP contribution in [0.25, 0.3) is 0 Å². The monoisotopic (exact) mass is 340 g/mol. The number of halogens is 1. The van der Waals surface area contributed by atoms with E-state index in [0.29, 0.717) is 5.88 Å². The molecule has 0 unspecified atom stereocenters. The summed E-state index contributed by atoms with van der Waals surface area (Å²) in [6.45, 7) is 0.740. The van der Waals surface area contributed by atoms with Crippen molar-refractivity contribution in [3.8, 4) is 11.6 Å². The van der Waals surface area contributed by atoms with Crippen molar-refractivity contribution >= 4 is 22.6 Å². The molecule has 1 N–H and O–H groups in total. The maximum absolute atomic E-state index is 5.70. The number of pyridine rings is 1. The van der Waals surface area contributed by atoms with Gasteiger partial charge in [0.2, 0.25) is 5.88 Å². The summed E-state index contributed by atoms with van der Waals surface area (Å²) in [6.07, 6.45) is 0. The average molecular weight is 340 g/mol. The number of hydrogen-bond acceptors (Lipinski definition) is 3. The van der Waals surface area contributed by atoms with Crippen molar-refractivity contribution in [1.29, 1.82) is 0 Å². The van der Waals surface area contributed by atoms with Gasteiger partial charge in [0.1, 0.15) is 5.75 Å². The van der Waals surface area contributed by atoms with Crippen molar-refractivity contribution in [2.75, 3.05) is 7.05 Å². The SMILES string of the molecule is CNCc1cccc(Oc2cccc(I)c2)n1. The van der Waals surface area contributed by atoms with Gasteiger partial charge in [0.05, 0.1) is 5.69 Å². The second-order valence-electron chi connectivity index (χ2n) is 3.56. The van der Waals surface area contributed by atoms with Gasteiger partial charge < -0.3 is 10.1 Å². The molecule has 0 aliphatic heterocycles. The molecule has 0 spiro atoms. The Hall–Kier alpha value is -1.14. The van der Waals surface area contributed by atoms with E-state index in [2.05, 4.69) is 32.9 Å². The maximum atomic E-state index is 5.70. The Morgan fingerprint density at radius 1 is 1.24 bits per heavy atom. The average Bonchev–Trinajstić information content (AvgIpc) is 2.30. The van der Waals surface area contributed by atoms with Crippen LogP contribution in [-0.4, -0.2) is 12.0 Å². The van der Waals surface area contributed by atoms with Crippen molar-refractivity contribution in [2.24, 2.45) is 0 Å². The molecule has 2 rings (SSSR count). The number of aromatic nitrogens is 1. The second kappa shape index (κ2) is 5.97. The minimum atomic E-state index is 0.625. The first-order valence-electron chi connectivity index (χ1n) is 5.32. The summed E-state index contributed by atoms with van der Waals surface area (Å²) < 4.78 is 6.85. The fourth-order valence-corrected chi connectivity index (χ4v) is 1.96. The summed E-state index contributed by atoms with van der Waals surface area (Å²) in [6, 6.07) is 13.7. The van der Waals surface area contributed by atoms with E-state index in [0.717, 1.165) is 21.6 Å². The topological polar surface area (TPSA) is 34.1 Å². The molecule has 4 heteroatoms. The molecular weight excluding hydrogens is 327 g/mol. The molecule has 1 aromatic heterocycles. The number of rotatable bonds is 4. The van der Waals surface area contributed by atoms with Gasteiger partial charge in [-0.25, -0.2) is 4.98 Å². The largest absolute Gasteiger partial charge is 0.439 e.